The molecule has 4 nitrogen and oxygen atoms in total. The Morgan fingerprint density at radius 1 is 1.18 bits per heavy atom. The van der Waals surface area contributed by atoms with E-state index >= 15 is 0 Å². The van der Waals surface area contributed by atoms with Crippen LogP contribution in [-0.2, 0) is 10.0 Å². The van der Waals surface area contributed by atoms with Crippen LogP contribution in [0.1, 0.15) is 25.7 Å². The van der Waals surface area contributed by atoms with E-state index in [1.165, 1.54) is 0 Å². The molecule has 102 valence electrons. The lowest BCUT2D eigenvalue weighted by Gasteiger charge is -2.28. The van der Waals surface area contributed by atoms with E-state index in [0.717, 1.165) is 12.8 Å². The van der Waals surface area contributed by atoms with E-state index in [1.807, 2.05) is 0 Å². The van der Waals surface area contributed by atoms with Crippen LogP contribution >= 0.6 is 0 Å². The van der Waals surface area contributed by atoms with Crippen molar-refractivity contribution in [3.8, 4) is 0 Å². The molecule has 1 rings (SSSR count). The number of rotatable bonds is 4. The van der Waals surface area contributed by atoms with Crippen LogP contribution in [0.2, 0.25) is 0 Å². The lowest BCUT2D eigenvalue weighted by atomic mass is 9.87. The van der Waals surface area contributed by atoms with Crippen LogP contribution in [0, 0.1) is 5.92 Å². The molecule has 1 aliphatic rings. The Kier molecular flexibility index (Phi) is 4.79. The molecule has 0 amide bonds. The second kappa shape index (κ2) is 5.53. The zero-order valence-electron chi connectivity index (χ0n) is 9.33. The first-order valence-electron chi connectivity index (χ1n) is 5.48. The highest BCUT2D eigenvalue weighted by Crippen LogP contribution is 2.24. The van der Waals surface area contributed by atoms with E-state index in [0.29, 0.717) is 25.3 Å². The summed E-state index contributed by atoms with van der Waals surface area (Å²) in [6.45, 7) is 0.544. The van der Waals surface area contributed by atoms with Gasteiger partial charge in [-0.25, -0.2) is 13.1 Å². The topological polar surface area (TPSA) is 72.2 Å². The van der Waals surface area contributed by atoms with Gasteiger partial charge in [0, 0.05) is 6.04 Å². The van der Waals surface area contributed by atoms with Gasteiger partial charge in [-0.2, -0.15) is 13.2 Å². The average molecular weight is 274 g/mol. The fraction of sp³-hybridized carbons (Fsp3) is 1.00. The van der Waals surface area contributed by atoms with Gasteiger partial charge in [0.2, 0.25) is 10.0 Å². The molecule has 1 aliphatic carbocycles. The normalized spacial score (nSPS) is 27.1. The van der Waals surface area contributed by atoms with Crippen molar-refractivity contribution in [3.63, 3.8) is 0 Å². The number of nitrogens with two attached hydrogens (primary N) is 1. The summed E-state index contributed by atoms with van der Waals surface area (Å²) in [7, 11) is -4.27. The van der Waals surface area contributed by atoms with Gasteiger partial charge in [-0.1, -0.05) is 0 Å². The summed E-state index contributed by atoms with van der Waals surface area (Å²) in [5.41, 5.74) is 5.47. The largest absolute Gasteiger partial charge is 0.404 e. The fourth-order valence-electron chi connectivity index (χ4n) is 2.03. The maximum atomic E-state index is 12.0. The van der Waals surface area contributed by atoms with Gasteiger partial charge < -0.3 is 5.73 Å². The fourth-order valence-corrected chi connectivity index (χ4v) is 3.28. The first-order chi connectivity index (χ1) is 7.72. The lowest BCUT2D eigenvalue weighted by Crippen LogP contribution is -2.42. The Balaban J connectivity index is 2.44. The molecule has 0 radical (unpaired) electrons. The minimum Gasteiger partial charge on any atom is -0.330 e. The molecule has 0 atom stereocenters. The first-order valence-corrected chi connectivity index (χ1v) is 7.14. The number of hydrogen-bond donors (Lipinski definition) is 2. The molecular weight excluding hydrogens is 257 g/mol. The zero-order valence-corrected chi connectivity index (χ0v) is 10.1. The van der Waals surface area contributed by atoms with Crippen molar-refractivity contribution in [1.82, 2.24) is 4.72 Å². The Bertz CT molecular complexity index is 335. The van der Waals surface area contributed by atoms with Crippen LogP contribution in [0.3, 0.4) is 0 Å². The Labute approximate surface area is 98.8 Å². The smallest absolute Gasteiger partial charge is 0.330 e. The molecule has 17 heavy (non-hydrogen) atoms. The highest BCUT2D eigenvalue weighted by atomic mass is 32.2. The van der Waals surface area contributed by atoms with Gasteiger partial charge in [0.15, 0.2) is 5.75 Å². The number of nitrogens with one attached hydrogen (secondary N) is 1. The minimum absolute atomic E-state index is 0.360. The number of halogens is 3. The molecule has 0 spiro atoms. The average Bonchev–Trinajstić information content (AvgIpc) is 2.14. The van der Waals surface area contributed by atoms with Crippen molar-refractivity contribution >= 4 is 10.0 Å². The molecular formula is C9H17F3N2O2S. The van der Waals surface area contributed by atoms with E-state index in [4.69, 9.17) is 5.73 Å². The van der Waals surface area contributed by atoms with Crippen molar-refractivity contribution in [1.29, 1.82) is 0 Å². The molecule has 0 unspecified atom stereocenters. The maximum Gasteiger partial charge on any atom is 0.404 e. The van der Waals surface area contributed by atoms with Gasteiger partial charge in [0.05, 0.1) is 0 Å². The molecule has 1 saturated carbocycles. The Hall–Kier alpha value is -0.340. The molecule has 0 aromatic heterocycles. The second-order valence-corrected chi connectivity index (χ2v) is 6.20. The number of alkyl halides is 3. The monoisotopic (exact) mass is 274 g/mol. The van der Waals surface area contributed by atoms with Crippen molar-refractivity contribution in [2.24, 2.45) is 11.7 Å². The third-order valence-electron chi connectivity index (χ3n) is 2.88. The molecule has 0 bridgehead atoms. The summed E-state index contributed by atoms with van der Waals surface area (Å²) in [4.78, 5) is 0. The van der Waals surface area contributed by atoms with E-state index in [1.54, 1.807) is 0 Å². The predicted octanol–water partition coefficient (Wildman–Crippen LogP) is 0.986. The second-order valence-electron chi connectivity index (χ2n) is 4.45. The SMILES string of the molecule is NC[C@H]1CC[C@H](NS(=O)(=O)CC(F)(F)F)CC1. The van der Waals surface area contributed by atoms with E-state index in [9.17, 15) is 21.6 Å². The zero-order chi connectivity index (χ0) is 13.1. The van der Waals surface area contributed by atoms with Crippen LogP contribution < -0.4 is 10.5 Å². The summed E-state index contributed by atoms with van der Waals surface area (Å²) in [6.07, 6.45) is -2.07. The molecule has 0 aliphatic heterocycles. The Morgan fingerprint density at radius 2 is 1.71 bits per heavy atom. The summed E-state index contributed by atoms with van der Waals surface area (Å²) in [5, 5.41) is 0. The van der Waals surface area contributed by atoms with E-state index in [-0.39, 0.29) is 6.04 Å². The summed E-state index contributed by atoms with van der Waals surface area (Å²) < 4.78 is 60.5. The third kappa shape index (κ3) is 5.69. The van der Waals surface area contributed by atoms with E-state index in [2.05, 4.69) is 4.72 Å². The van der Waals surface area contributed by atoms with Gasteiger partial charge in [-0.3, -0.25) is 0 Å². The molecule has 0 aromatic carbocycles. The third-order valence-corrected chi connectivity index (χ3v) is 4.28. The molecule has 1 fully saturated rings. The van der Waals surface area contributed by atoms with Crippen molar-refractivity contribution < 1.29 is 21.6 Å². The molecule has 0 saturated heterocycles. The highest BCUT2D eigenvalue weighted by molar-refractivity contribution is 7.89. The quantitative estimate of drug-likeness (QED) is 0.803. The van der Waals surface area contributed by atoms with Crippen LogP contribution in [-0.4, -0.2) is 32.9 Å². The number of sulfonamides is 1. The summed E-state index contributed by atoms with van der Waals surface area (Å²) >= 11 is 0. The van der Waals surface area contributed by atoms with E-state index < -0.39 is 22.0 Å². The highest BCUT2D eigenvalue weighted by Gasteiger charge is 2.36. The molecule has 0 heterocycles. The van der Waals surface area contributed by atoms with Crippen LogP contribution in [0.4, 0.5) is 13.2 Å². The molecule has 8 heteroatoms. The van der Waals surface area contributed by atoms with Crippen molar-refractivity contribution in [2.45, 2.75) is 37.9 Å². The van der Waals surface area contributed by atoms with Gasteiger partial charge in [-0.05, 0) is 38.1 Å². The molecule has 3 N–H and O–H groups in total. The first kappa shape index (κ1) is 14.7. The van der Waals surface area contributed by atoms with Crippen LogP contribution in [0.25, 0.3) is 0 Å². The minimum atomic E-state index is -4.69. The Morgan fingerprint density at radius 3 is 2.12 bits per heavy atom. The van der Waals surface area contributed by atoms with Gasteiger partial charge in [-0.15, -0.1) is 0 Å². The van der Waals surface area contributed by atoms with Crippen LogP contribution in [0.5, 0.6) is 0 Å². The van der Waals surface area contributed by atoms with Crippen molar-refractivity contribution in [2.75, 3.05) is 12.3 Å². The van der Waals surface area contributed by atoms with Crippen LogP contribution in [0.15, 0.2) is 0 Å². The predicted molar refractivity (Wildman–Crippen MR) is 57.8 cm³/mol. The van der Waals surface area contributed by atoms with Crippen molar-refractivity contribution in [3.05, 3.63) is 0 Å². The number of hydrogen-bond acceptors (Lipinski definition) is 3. The summed E-state index contributed by atoms with van der Waals surface area (Å²) in [6, 6.07) is -0.384. The van der Waals surface area contributed by atoms with Gasteiger partial charge in [0.25, 0.3) is 0 Å². The lowest BCUT2D eigenvalue weighted by molar-refractivity contribution is -0.106. The summed E-state index contributed by atoms with van der Waals surface area (Å²) in [5.74, 6) is -1.45. The maximum absolute atomic E-state index is 12.0. The van der Waals surface area contributed by atoms with Gasteiger partial charge >= 0.3 is 6.18 Å². The molecule has 0 aromatic rings. The standard InChI is InChI=1S/C9H17F3N2O2S/c10-9(11,12)6-17(15,16)14-8-3-1-7(5-13)2-4-8/h7-8,14H,1-6,13H2/t7-,8-. The van der Waals surface area contributed by atoms with Gasteiger partial charge in [0.1, 0.15) is 0 Å².